The van der Waals surface area contributed by atoms with Gasteiger partial charge in [0.1, 0.15) is 5.75 Å². The summed E-state index contributed by atoms with van der Waals surface area (Å²) >= 11 is 0. The molecular formula is C19H26N4O3. The molecule has 2 aromatic rings. The first-order valence-corrected chi connectivity index (χ1v) is 8.76. The molecule has 1 aromatic heterocycles. The minimum absolute atomic E-state index is 0.180. The van der Waals surface area contributed by atoms with Crippen molar-refractivity contribution in [3.05, 3.63) is 35.0 Å². The van der Waals surface area contributed by atoms with Gasteiger partial charge < -0.3 is 15.2 Å². The van der Waals surface area contributed by atoms with Crippen LogP contribution < -0.4 is 10.5 Å². The smallest absolute Gasteiger partial charge is 0.410 e. The van der Waals surface area contributed by atoms with Gasteiger partial charge in [0.05, 0.1) is 38.2 Å². The topological polar surface area (TPSA) is 90.6 Å². The minimum atomic E-state index is -0.364. The molecule has 0 unspecified atom stereocenters. The highest BCUT2D eigenvalue weighted by atomic mass is 16.6. The van der Waals surface area contributed by atoms with Crippen LogP contribution in [-0.4, -0.2) is 34.7 Å². The van der Waals surface area contributed by atoms with Crippen LogP contribution in [0.25, 0.3) is 11.3 Å². The molecule has 0 fully saturated rings. The van der Waals surface area contributed by atoms with Crippen LogP contribution in [0.3, 0.4) is 0 Å². The lowest BCUT2D eigenvalue weighted by Crippen LogP contribution is -2.26. The van der Waals surface area contributed by atoms with Crippen LogP contribution in [0.15, 0.2) is 18.2 Å². The lowest BCUT2D eigenvalue weighted by atomic mass is 10.00. The second-order valence-corrected chi connectivity index (χ2v) is 5.56. The summed E-state index contributed by atoms with van der Waals surface area (Å²) in [5.41, 5.74) is 10.1. The van der Waals surface area contributed by atoms with Gasteiger partial charge in [-0.3, -0.25) is 4.90 Å². The van der Waals surface area contributed by atoms with E-state index in [1.54, 1.807) is 18.9 Å². The van der Waals surface area contributed by atoms with Crippen molar-refractivity contribution in [2.75, 3.05) is 19.5 Å². The molecule has 0 saturated carbocycles. The molecular weight excluding hydrogens is 332 g/mol. The Balaban J connectivity index is 0.00000117. The van der Waals surface area contributed by atoms with Crippen molar-refractivity contribution >= 4 is 12.0 Å². The first-order valence-electron chi connectivity index (χ1n) is 8.76. The van der Waals surface area contributed by atoms with Gasteiger partial charge in [0, 0.05) is 11.1 Å². The van der Waals surface area contributed by atoms with Crippen molar-refractivity contribution in [2.45, 2.75) is 40.8 Å². The second kappa shape index (κ2) is 8.51. The van der Waals surface area contributed by atoms with Crippen molar-refractivity contribution in [1.82, 2.24) is 14.9 Å². The van der Waals surface area contributed by atoms with Crippen LogP contribution in [-0.2, 0) is 17.8 Å². The molecule has 1 amide bonds. The van der Waals surface area contributed by atoms with E-state index >= 15 is 0 Å². The third-order valence-electron chi connectivity index (χ3n) is 4.02. The number of benzene rings is 1. The van der Waals surface area contributed by atoms with Crippen LogP contribution in [0.5, 0.6) is 5.75 Å². The van der Waals surface area contributed by atoms with Crippen molar-refractivity contribution in [2.24, 2.45) is 0 Å². The Hall–Kier alpha value is -2.83. The summed E-state index contributed by atoms with van der Waals surface area (Å²) in [6, 6.07) is 5.79. The molecule has 1 aliphatic heterocycles. The summed E-state index contributed by atoms with van der Waals surface area (Å²) in [4.78, 5) is 22.4. The molecule has 0 bridgehead atoms. The zero-order valence-corrected chi connectivity index (χ0v) is 16.0. The number of amides is 1. The van der Waals surface area contributed by atoms with Crippen LogP contribution in [0.2, 0.25) is 0 Å². The summed E-state index contributed by atoms with van der Waals surface area (Å²) in [7, 11) is 1.62. The van der Waals surface area contributed by atoms with E-state index in [2.05, 4.69) is 9.97 Å². The van der Waals surface area contributed by atoms with Gasteiger partial charge in [0.15, 0.2) is 0 Å². The predicted octanol–water partition coefficient (Wildman–Crippen LogP) is 3.54. The Morgan fingerprint density at radius 3 is 2.65 bits per heavy atom. The van der Waals surface area contributed by atoms with E-state index in [4.69, 9.17) is 15.2 Å². The number of fused-ring (bicyclic) bond motifs is 1. The Kier molecular flexibility index (Phi) is 6.38. The van der Waals surface area contributed by atoms with E-state index in [9.17, 15) is 4.79 Å². The molecule has 0 radical (unpaired) electrons. The van der Waals surface area contributed by atoms with Gasteiger partial charge in [-0.1, -0.05) is 26.0 Å². The molecule has 26 heavy (non-hydrogen) atoms. The van der Waals surface area contributed by atoms with Gasteiger partial charge in [-0.25, -0.2) is 14.8 Å². The molecule has 0 aliphatic carbocycles. The number of aromatic nitrogens is 2. The molecule has 0 saturated heterocycles. The molecule has 3 rings (SSSR count). The number of aryl methyl sites for hydroxylation is 1. The van der Waals surface area contributed by atoms with Gasteiger partial charge in [-0.15, -0.1) is 0 Å². The van der Waals surface area contributed by atoms with Gasteiger partial charge in [-0.2, -0.15) is 0 Å². The summed E-state index contributed by atoms with van der Waals surface area (Å²) in [5, 5.41) is 0. The van der Waals surface area contributed by atoms with Crippen molar-refractivity contribution in [3.63, 3.8) is 0 Å². The fourth-order valence-electron chi connectivity index (χ4n) is 2.94. The first-order chi connectivity index (χ1) is 12.5. The van der Waals surface area contributed by atoms with Crippen molar-refractivity contribution < 1.29 is 14.3 Å². The summed E-state index contributed by atoms with van der Waals surface area (Å²) in [6.07, 6.45) is -0.364. The van der Waals surface area contributed by atoms with E-state index < -0.39 is 0 Å². The Morgan fingerprint density at radius 2 is 2.00 bits per heavy atom. The summed E-state index contributed by atoms with van der Waals surface area (Å²) < 4.78 is 10.6. The normalized spacial score (nSPS) is 12.1. The van der Waals surface area contributed by atoms with Gasteiger partial charge >= 0.3 is 6.09 Å². The fraction of sp³-hybridized carbons (Fsp3) is 0.421. The van der Waals surface area contributed by atoms with Crippen molar-refractivity contribution in [3.8, 4) is 17.0 Å². The van der Waals surface area contributed by atoms with Gasteiger partial charge in [-0.05, 0) is 25.5 Å². The summed E-state index contributed by atoms with van der Waals surface area (Å²) in [6.45, 7) is 8.85. The van der Waals surface area contributed by atoms with E-state index in [0.717, 1.165) is 22.4 Å². The minimum Gasteiger partial charge on any atom is -0.496 e. The number of rotatable bonds is 3. The molecule has 7 nitrogen and oxygen atoms in total. The highest BCUT2D eigenvalue weighted by Gasteiger charge is 2.30. The Labute approximate surface area is 154 Å². The van der Waals surface area contributed by atoms with E-state index in [1.165, 1.54) is 0 Å². The number of nitrogens with two attached hydrogens (primary N) is 1. The van der Waals surface area contributed by atoms with Crippen molar-refractivity contribution in [1.29, 1.82) is 0 Å². The molecule has 0 atom stereocenters. The lowest BCUT2D eigenvalue weighted by molar-refractivity contribution is 0.106. The summed E-state index contributed by atoms with van der Waals surface area (Å²) in [5.74, 6) is 0.893. The Bertz CT molecular complexity index is 793. The van der Waals surface area contributed by atoms with Gasteiger partial charge in [0.2, 0.25) is 5.95 Å². The number of anilines is 1. The highest BCUT2D eigenvalue weighted by molar-refractivity contribution is 5.76. The average molecular weight is 358 g/mol. The molecule has 7 heteroatoms. The lowest BCUT2D eigenvalue weighted by Gasteiger charge is -2.15. The number of nitrogen functional groups attached to an aromatic ring is 1. The molecule has 2 heterocycles. The molecule has 1 aromatic carbocycles. The van der Waals surface area contributed by atoms with E-state index in [-0.39, 0.29) is 12.0 Å². The highest BCUT2D eigenvalue weighted by Crippen LogP contribution is 2.38. The number of carbonyl (C=O) groups excluding carboxylic acids is 1. The maximum atomic E-state index is 12.0. The molecule has 0 spiro atoms. The van der Waals surface area contributed by atoms with E-state index in [0.29, 0.717) is 31.1 Å². The van der Waals surface area contributed by atoms with Crippen LogP contribution in [0.1, 0.15) is 37.6 Å². The average Bonchev–Trinajstić information content (AvgIpc) is 3.07. The van der Waals surface area contributed by atoms with E-state index in [1.807, 2.05) is 39.0 Å². The third-order valence-corrected chi connectivity index (χ3v) is 4.02. The van der Waals surface area contributed by atoms with Crippen LogP contribution in [0.4, 0.5) is 10.7 Å². The first kappa shape index (κ1) is 19.5. The zero-order chi connectivity index (χ0) is 19.3. The largest absolute Gasteiger partial charge is 0.496 e. The zero-order valence-electron chi connectivity index (χ0n) is 16.0. The fourth-order valence-corrected chi connectivity index (χ4v) is 2.94. The number of methoxy groups -OCH3 is 1. The van der Waals surface area contributed by atoms with Crippen LogP contribution in [0, 0.1) is 6.92 Å². The second-order valence-electron chi connectivity index (χ2n) is 5.56. The third kappa shape index (κ3) is 3.71. The molecule has 1 aliphatic rings. The maximum absolute atomic E-state index is 12.0. The standard InChI is InChI=1S/C17H20N4O3.C2H6/c1-4-24-17(22)21-8-11-12(9-21)19-16(18)20-15(11)14-10(2)6-5-7-13(14)23-3;1-2/h5-7H,4,8-9H2,1-3H3,(H2,18,19,20);1-2H3. The van der Waals surface area contributed by atoms with Gasteiger partial charge in [0.25, 0.3) is 0 Å². The quantitative estimate of drug-likeness (QED) is 0.902. The SMILES string of the molecule is CC.CCOC(=O)N1Cc2nc(N)nc(-c3c(C)cccc3OC)c2C1. The maximum Gasteiger partial charge on any atom is 0.410 e. The molecule has 2 N–H and O–H groups in total. The number of ether oxygens (including phenoxy) is 2. The number of hydrogen-bond acceptors (Lipinski definition) is 6. The number of carbonyl (C=O) groups is 1. The predicted molar refractivity (Wildman–Crippen MR) is 101 cm³/mol. The molecule has 140 valence electrons. The number of nitrogens with zero attached hydrogens (tertiary/aromatic N) is 3. The number of hydrogen-bond donors (Lipinski definition) is 1. The Morgan fingerprint density at radius 1 is 1.27 bits per heavy atom. The monoisotopic (exact) mass is 358 g/mol. The van der Waals surface area contributed by atoms with Crippen LogP contribution >= 0.6 is 0 Å².